The molecule has 1 saturated heterocycles. The van der Waals surface area contributed by atoms with Crippen LogP contribution in [-0.2, 0) is 0 Å². The number of thioether (sulfide) groups is 1. The average molecular weight is 424 g/mol. The topological polar surface area (TPSA) is 61.4 Å². The van der Waals surface area contributed by atoms with E-state index < -0.39 is 0 Å². The highest BCUT2D eigenvalue weighted by molar-refractivity contribution is 7.98. The smallest absolute Gasteiger partial charge is 0.321 e. The maximum absolute atomic E-state index is 13.5. The van der Waals surface area contributed by atoms with Crippen LogP contribution in [0.2, 0.25) is 0 Å². The van der Waals surface area contributed by atoms with Gasteiger partial charge in [0.25, 0.3) is 0 Å². The van der Waals surface area contributed by atoms with Gasteiger partial charge in [0.05, 0.1) is 5.69 Å². The summed E-state index contributed by atoms with van der Waals surface area (Å²) in [5, 5.41) is 2.97. The predicted octanol–water partition coefficient (Wildman–Crippen LogP) is 4.36. The molecule has 6 nitrogen and oxygen atoms in total. The van der Waals surface area contributed by atoms with E-state index in [1.807, 2.05) is 42.7 Å². The Hall–Kier alpha value is -3.13. The van der Waals surface area contributed by atoms with Crippen molar-refractivity contribution >= 4 is 29.3 Å². The Labute approximate surface area is 179 Å². The van der Waals surface area contributed by atoms with Gasteiger partial charge in [-0.25, -0.2) is 19.2 Å². The van der Waals surface area contributed by atoms with Crippen molar-refractivity contribution in [2.45, 2.75) is 4.90 Å². The van der Waals surface area contributed by atoms with Crippen molar-refractivity contribution in [1.82, 2.24) is 14.9 Å². The minimum atomic E-state index is -0.296. The van der Waals surface area contributed by atoms with Crippen LogP contribution in [0, 0.1) is 5.82 Å². The molecule has 30 heavy (non-hydrogen) atoms. The fraction of sp³-hybridized carbons (Fsp3) is 0.227. The van der Waals surface area contributed by atoms with Crippen LogP contribution in [0.1, 0.15) is 0 Å². The number of carbonyl (C=O) groups excluding carboxylic acids is 1. The van der Waals surface area contributed by atoms with Gasteiger partial charge < -0.3 is 15.1 Å². The molecule has 0 spiro atoms. The molecule has 1 fully saturated rings. The highest BCUT2D eigenvalue weighted by Gasteiger charge is 2.22. The number of hydrogen-bond donors (Lipinski definition) is 1. The summed E-state index contributed by atoms with van der Waals surface area (Å²) in [6, 6.07) is 15.9. The van der Waals surface area contributed by atoms with Gasteiger partial charge in [-0.3, -0.25) is 0 Å². The van der Waals surface area contributed by atoms with Crippen molar-refractivity contribution in [2.75, 3.05) is 42.7 Å². The van der Waals surface area contributed by atoms with E-state index in [9.17, 15) is 9.18 Å². The number of benzene rings is 2. The summed E-state index contributed by atoms with van der Waals surface area (Å²) in [4.78, 5) is 26.3. The first-order chi connectivity index (χ1) is 14.6. The maximum Gasteiger partial charge on any atom is 0.321 e. The molecular formula is C22H22FN5OS. The summed E-state index contributed by atoms with van der Waals surface area (Å²) in [6.45, 7) is 2.51. The van der Waals surface area contributed by atoms with Gasteiger partial charge in [0.1, 0.15) is 18.0 Å². The van der Waals surface area contributed by atoms with Gasteiger partial charge in [-0.1, -0.05) is 18.2 Å². The molecule has 0 radical (unpaired) electrons. The number of nitrogens with zero attached hydrogens (tertiary/aromatic N) is 4. The van der Waals surface area contributed by atoms with Crippen LogP contribution in [0.5, 0.6) is 0 Å². The largest absolute Gasteiger partial charge is 0.353 e. The zero-order valence-electron chi connectivity index (χ0n) is 16.6. The maximum atomic E-state index is 13.5. The highest BCUT2D eigenvalue weighted by Crippen LogP contribution is 2.23. The lowest BCUT2D eigenvalue weighted by atomic mass is 10.1. The fourth-order valence-electron chi connectivity index (χ4n) is 3.37. The number of carbonyl (C=O) groups is 1. The zero-order valence-corrected chi connectivity index (χ0v) is 17.4. The van der Waals surface area contributed by atoms with E-state index in [4.69, 9.17) is 0 Å². The van der Waals surface area contributed by atoms with Crippen LogP contribution in [-0.4, -0.2) is 53.3 Å². The summed E-state index contributed by atoms with van der Waals surface area (Å²) in [5.41, 5.74) is 2.18. The Morgan fingerprint density at radius 1 is 1.03 bits per heavy atom. The Bertz CT molecular complexity index is 1040. The Morgan fingerprint density at radius 3 is 2.60 bits per heavy atom. The predicted molar refractivity (Wildman–Crippen MR) is 118 cm³/mol. The molecule has 0 atom stereocenters. The molecule has 0 saturated carbocycles. The third-order valence-electron chi connectivity index (χ3n) is 4.98. The molecule has 8 heteroatoms. The molecule has 1 aliphatic rings. The zero-order chi connectivity index (χ0) is 20.9. The van der Waals surface area contributed by atoms with Crippen molar-refractivity contribution in [3.63, 3.8) is 0 Å². The van der Waals surface area contributed by atoms with E-state index in [-0.39, 0.29) is 11.8 Å². The molecule has 1 aromatic heterocycles. The number of urea groups is 1. The molecule has 0 aliphatic carbocycles. The molecule has 4 rings (SSSR count). The molecule has 2 heterocycles. The minimum absolute atomic E-state index is 0.101. The van der Waals surface area contributed by atoms with E-state index in [0.717, 1.165) is 16.4 Å². The number of piperazine rings is 1. The van der Waals surface area contributed by atoms with Crippen molar-refractivity contribution in [2.24, 2.45) is 0 Å². The third-order valence-corrected chi connectivity index (χ3v) is 5.71. The quantitative estimate of drug-likeness (QED) is 0.632. The third kappa shape index (κ3) is 4.71. The van der Waals surface area contributed by atoms with Crippen LogP contribution in [0.3, 0.4) is 0 Å². The first-order valence-corrected chi connectivity index (χ1v) is 10.9. The molecule has 1 N–H and O–H groups in total. The normalized spacial score (nSPS) is 13.9. The molecule has 1 aliphatic heterocycles. The number of nitrogens with one attached hydrogen (secondary N) is 1. The molecule has 2 amide bonds. The van der Waals surface area contributed by atoms with Crippen molar-refractivity contribution in [3.05, 3.63) is 66.7 Å². The van der Waals surface area contributed by atoms with Crippen LogP contribution >= 0.6 is 11.8 Å². The number of hydrogen-bond acceptors (Lipinski definition) is 5. The fourth-order valence-corrected chi connectivity index (χ4v) is 3.83. The summed E-state index contributed by atoms with van der Waals surface area (Å²) >= 11 is 1.64. The second-order valence-electron chi connectivity index (χ2n) is 6.91. The van der Waals surface area contributed by atoms with E-state index >= 15 is 0 Å². The highest BCUT2D eigenvalue weighted by atomic mass is 32.2. The van der Waals surface area contributed by atoms with Crippen molar-refractivity contribution < 1.29 is 9.18 Å². The molecule has 0 bridgehead atoms. The van der Waals surface area contributed by atoms with Gasteiger partial charge in [-0.15, -0.1) is 11.8 Å². The summed E-state index contributed by atoms with van der Waals surface area (Å²) in [7, 11) is 0. The monoisotopic (exact) mass is 423 g/mol. The average Bonchev–Trinajstić information content (AvgIpc) is 2.79. The van der Waals surface area contributed by atoms with Gasteiger partial charge in [0.2, 0.25) is 0 Å². The lowest BCUT2D eigenvalue weighted by molar-refractivity contribution is 0.208. The molecule has 3 aromatic rings. The van der Waals surface area contributed by atoms with Crippen LogP contribution in [0.25, 0.3) is 11.3 Å². The Kier molecular flexibility index (Phi) is 6.13. The van der Waals surface area contributed by atoms with Crippen molar-refractivity contribution in [3.8, 4) is 11.3 Å². The van der Waals surface area contributed by atoms with Gasteiger partial charge in [-0.05, 0) is 36.6 Å². The van der Waals surface area contributed by atoms with Gasteiger partial charge >= 0.3 is 6.03 Å². The van der Waals surface area contributed by atoms with Gasteiger partial charge in [0, 0.05) is 48.4 Å². The number of anilines is 2. The van der Waals surface area contributed by atoms with E-state index in [2.05, 4.69) is 20.2 Å². The van der Waals surface area contributed by atoms with Crippen LogP contribution in [0.15, 0.2) is 65.8 Å². The van der Waals surface area contributed by atoms with E-state index in [0.29, 0.717) is 37.4 Å². The first-order valence-electron chi connectivity index (χ1n) is 9.65. The van der Waals surface area contributed by atoms with E-state index in [1.54, 1.807) is 22.7 Å². The van der Waals surface area contributed by atoms with Gasteiger partial charge in [-0.2, -0.15) is 0 Å². The molecule has 2 aromatic carbocycles. The molecular weight excluding hydrogens is 401 g/mol. The second kappa shape index (κ2) is 9.13. The van der Waals surface area contributed by atoms with Crippen LogP contribution in [0.4, 0.5) is 20.7 Å². The minimum Gasteiger partial charge on any atom is -0.353 e. The number of rotatable bonds is 4. The first kappa shape index (κ1) is 20.2. The molecule has 154 valence electrons. The standard InChI is InChI=1S/C22H22FN5OS/c1-30-19-7-3-6-18(13-19)26-22(29)28-10-8-27(9-11-28)21-14-20(24-15-25-21)16-4-2-5-17(23)12-16/h2-7,12-15H,8-11H2,1H3,(H,26,29). The summed E-state index contributed by atoms with van der Waals surface area (Å²) in [6.07, 6.45) is 3.50. The Morgan fingerprint density at radius 2 is 1.83 bits per heavy atom. The lowest BCUT2D eigenvalue weighted by Gasteiger charge is -2.35. The molecule has 0 unspecified atom stereocenters. The van der Waals surface area contributed by atoms with Gasteiger partial charge in [0.15, 0.2) is 0 Å². The van der Waals surface area contributed by atoms with E-state index in [1.165, 1.54) is 18.5 Å². The lowest BCUT2D eigenvalue weighted by Crippen LogP contribution is -2.50. The van der Waals surface area contributed by atoms with Crippen molar-refractivity contribution in [1.29, 1.82) is 0 Å². The van der Waals surface area contributed by atoms with Crippen LogP contribution < -0.4 is 10.2 Å². The SMILES string of the molecule is CSc1cccc(NC(=O)N2CCN(c3cc(-c4cccc(F)c4)ncn3)CC2)c1. The second-order valence-corrected chi connectivity index (χ2v) is 7.79. The number of halogens is 1. The number of amides is 2. The number of aromatic nitrogens is 2. The summed E-state index contributed by atoms with van der Waals surface area (Å²) in [5.74, 6) is 0.479. The summed E-state index contributed by atoms with van der Waals surface area (Å²) < 4.78 is 13.5. The Balaban J connectivity index is 1.38.